The molecular formula is C21H19N5O2. The van der Waals surface area contributed by atoms with E-state index in [2.05, 4.69) is 20.8 Å². The molecule has 3 heterocycles. The first-order chi connectivity index (χ1) is 13.7. The molecule has 5 rings (SSSR count). The van der Waals surface area contributed by atoms with E-state index in [1.807, 2.05) is 48.5 Å². The van der Waals surface area contributed by atoms with Crippen LogP contribution >= 0.6 is 0 Å². The topological polar surface area (TPSA) is 90.1 Å². The summed E-state index contributed by atoms with van der Waals surface area (Å²) in [6.07, 6.45) is 2.16. The van der Waals surface area contributed by atoms with Gasteiger partial charge in [-0.1, -0.05) is 36.4 Å². The number of carbonyl (C=O) groups excluding carboxylic acids is 2. The molecule has 1 atom stereocenters. The summed E-state index contributed by atoms with van der Waals surface area (Å²) in [5.41, 5.74) is 5.52. The number of rotatable bonds is 3. The van der Waals surface area contributed by atoms with Crippen molar-refractivity contribution in [3.8, 4) is 11.3 Å². The Kier molecular flexibility index (Phi) is 3.86. The molecule has 2 aliphatic rings. The lowest BCUT2D eigenvalue weighted by Gasteiger charge is -2.27. The average Bonchev–Trinajstić information content (AvgIpc) is 3.36. The van der Waals surface area contributed by atoms with Crippen LogP contribution in [0.5, 0.6) is 0 Å². The smallest absolute Gasteiger partial charge is 0.321 e. The molecule has 0 aliphatic carbocycles. The Bertz CT molecular complexity index is 1060. The monoisotopic (exact) mass is 373 g/mol. The van der Waals surface area contributed by atoms with Gasteiger partial charge in [0, 0.05) is 42.4 Å². The zero-order chi connectivity index (χ0) is 19.1. The van der Waals surface area contributed by atoms with Crippen LogP contribution in [-0.2, 0) is 4.79 Å². The molecule has 140 valence electrons. The number of aromatic amines is 1. The second-order valence-electron chi connectivity index (χ2n) is 7.03. The third kappa shape index (κ3) is 2.72. The summed E-state index contributed by atoms with van der Waals surface area (Å²) in [6, 6.07) is 15.7. The minimum absolute atomic E-state index is 0.0410. The first-order valence-corrected chi connectivity index (χ1v) is 9.28. The van der Waals surface area contributed by atoms with Crippen molar-refractivity contribution in [2.45, 2.75) is 12.3 Å². The standard InChI is InChI=1S/C21H19N5O2/c27-19-11-16(17-12-23-25-20(17)13-4-2-1-3-5-13)15-7-6-14(10-18(15)24-19)26-9-8-22-21(26)28/h1-7,10,12,16H,8-9,11H2,(H,22,28)(H,23,25)(H,24,27)/t16-/m1/s1. The van der Waals surface area contributed by atoms with Crippen molar-refractivity contribution in [2.24, 2.45) is 0 Å². The molecule has 0 saturated carbocycles. The van der Waals surface area contributed by atoms with E-state index in [0.29, 0.717) is 19.5 Å². The van der Waals surface area contributed by atoms with Gasteiger partial charge >= 0.3 is 6.03 Å². The predicted octanol–water partition coefficient (Wildman–Crippen LogP) is 3.08. The number of benzene rings is 2. The van der Waals surface area contributed by atoms with Gasteiger partial charge in [-0.3, -0.25) is 14.8 Å². The van der Waals surface area contributed by atoms with Gasteiger partial charge in [0.1, 0.15) is 0 Å². The highest BCUT2D eigenvalue weighted by Gasteiger charge is 2.31. The van der Waals surface area contributed by atoms with Crippen molar-refractivity contribution in [3.05, 3.63) is 65.9 Å². The molecule has 1 aromatic heterocycles. The molecule has 3 N–H and O–H groups in total. The molecule has 1 fully saturated rings. The maximum absolute atomic E-state index is 12.4. The summed E-state index contributed by atoms with van der Waals surface area (Å²) in [5.74, 6) is -0.139. The molecular weight excluding hydrogens is 354 g/mol. The van der Waals surface area contributed by atoms with E-state index >= 15 is 0 Å². The van der Waals surface area contributed by atoms with Crippen molar-refractivity contribution < 1.29 is 9.59 Å². The fourth-order valence-electron chi connectivity index (χ4n) is 4.01. The lowest BCUT2D eigenvalue weighted by Crippen LogP contribution is -2.28. The highest BCUT2D eigenvalue weighted by molar-refractivity contribution is 5.99. The molecule has 7 heteroatoms. The van der Waals surface area contributed by atoms with E-state index in [0.717, 1.165) is 33.8 Å². The van der Waals surface area contributed by atoms with Crippen LogP contribution in [0.1, 0.15) is 23.5 Å². The Labute approximate surface area is 161 Å². The number of anilines is 2. The molecule has 3 aromatic rings. The van der Waals surface area contributed by atoms with Gasteiger partial charge in [-0.15, -0.1) is 0 Å². The number of H-pyrrole nitrogens is 1. The zero-order valence-electron chi connectivity index (χ0n) is 15.1. The molecule has 0 bridgehead atoms. The fraction of sp³-hybridized carbons (Fsp3) is 0.190. The average molecular weight is 373 g/mol. The lowest BCUT2D eigenvalue weighted by atomic mass is 9.84. The van der Waals surface area contributed by atoms with Gasteiger partial charge in [0.15, 0.2) is 0 Å². The van der Waals surface area contributed by atoms with E-state index in [1.165, 1.54) is 0 Å². The molecule has 1 saturated heterocycles. The van der Waals surface area contributed by atoms with Gasteiger partial charge < -0.3 is 10.6 Å². The number of hydrogen-bond acceptors (Lipinski definition) is 3. The highest BCUT2D eigenvalue weighted by atomic mass is 16.2. The molecule has 0 unspecified atom stereocenters. The molecule has 7 nitrogen and oxygen atoms in total. The minimum atomic E-state index is -0.111. The number of amides is 3. The van der Waals surface area contributed by atoms with E-state index < -0.39 is 0 Å². The summed E-state index contributed by atoms with van der Waals surface area (Å²) >= 11 is 0. The van der Waals surface area contributed by atoms with Crippen LogP contribution in [0.3, 0.4) is 0 Å². The Morgan fingerprint density at radius 1 is 1.04 bits per heavy atom. The normalized spacial score (nSPS) is 18.6. The second kappa shape index (κ2) is 6.53. The Morgan fingerprint density at radius 2 is 1.89 bits per heavy atom. The zero-order valence-corrected chi connectivity index (χ0v) is 15.1. The van der Waals surface area contributed by atoms with Gasteiger partial charge in [-0.05, 0) is 23.3 Å². The Balaban J connectivity index is 1.56. The van der Waals surface area contributed by atoms with Gasteiger partial charge in [0.25, 0.3) is 0 Å². The van der Waals surface area contributed by atoms with E-state index in [1.54, 1.807) is 11.1 Å². The number of nitrogens with zero attached hydrogens (tertiary/aromatic N) is 2. The van der Waals surface area contributed by atoms with Crippen LogP contribution in [0.15, 0.2) is 54.7 Å². The van der Waals surface area contributed by atoms with Crippen LogP contribution in [0, 0.1) is 0 Å². The van der Waals surface area contributed by atoms with Crippen molar-refractivity contribution in [3.63, 3.8) is 0 Å². The van der Waals surface area contributed by atoms with Crippen molar-refractivity contribution in [1.29, 1.82) is 0 Å². The number of hydrogen-bond donors (Lipinski definition) is 3. The fourth-order valence-corrected chi connectivity index (χ4v) is 4.01. The number of urea groups is 1. The molecule has 3 amide bonds. The van der Waals surface area contributed by atoms with Crippen molar-refractivity contribution in [1.82, 2.24) is 15.5 Å². The predicted molar refractivity (Wildman–Crippen MR) is 106 cm³/mol. The summed E-state index contributed by atoms with van der Waals surface area (Å²) in [6.45, 7) is 1.25. The third-order valence-corrected chi connectivity index (χ3v) is 5.35. The molecule has 0 radical (unpaired) electrons. The van der Waals surface area contributed by atoms with E-state index in [-0.39, 0.29) is 17.9 Å². The third-order valence-electron chi connectivity index (χ3n) is 5.35. The SMILES string of the molecule is O=C1C[C@@H](c2cn[nH]c2-c2ccccc2)c2ccc(N3CCNC3=O)cc2N1. The van der Waals surface area contributed by atoms with E-state index in [4.69, 9.17) is 0 Å². The number of nitrogens with one attached hydrogen (secondary N) is 3. The van der Waals surface area contributed by atoms with Crippen LogP contribution in [0.25, 0.3) is 11.3 Å². The van der Waals surface area contributed by atoms with Crippen LogP contribution < -0.4 is 15.5 Å². The Morgan fingerprint density at radius 3 is 2.68 bits per heavy atom. The number of aromatic nitrogens is 2. The van der Waals surface area contributed by atoms with Crippen LogP contribution in [0.4, 0.5) is 16.2 Å². The molecule has 2 aliphatic heterocycles. The van der Waals surface area contributed by atoms with Gasteiger partial charge in [-0.2, -0.15) is 5.10 Å². The summed E-state index contributed by atoms with van der Waals surface area (Å²) in [5, 5.41) is 13.1. The van der Waals surface area contributed by atoms with Crippen molar-refractivity contribution in [2.75, 3.05) is 23.3 Å². The molecule has 28 heavy (non-hydrogen) atoms. The maximum atomic E-state index is 12.4. The number of carbonyl (C=O) groups is 2. The molecule has 2 aromatic carbocycles. The Hall–Kier alpha value is -3.61. The van der Waals surface area contributed by atoms with Crippen LogP contribution in [0.2, 0.25) is 0 Å². The first-order valence-electron chi connectivity index (χ1n) is 9.28. The van der Waals surface area contributed by atoms with Crippen molar-refractivity contribution >= 4 is 23.3 Å². The first kappa shape index (κ1) is 16.6. The minimum Gasteiger partial charge on any atom is -0.336 e. The van der Waals surface area contributed by atoms with Gasteiger partial charge in [0.05, 0.1) is 11.9 Å². The summed E-state index contributed by atoms with van der Waals surface area (Å²) in [4.78, 5) is 26.1. The lowest BCUT2D eigenvalue weighted by molar-refractivity contribution is -0.116. The maximum Gasteiger partial charge on any atom is 0.321 e. The molecule has 0 spiro atoms. The van der Waals surface area contributed by atoms with E-state index in [9.17, 15) is 9.59 Å². The summed E-state index contributed by atoms with van der Waals surface area (Å²) in [7, 11) is 0. The highest BCUT2D eigenvalue weighted by Crippen LogP contribution is 2.41. The number of fused-ring (bicyclic) bond motifs is 1. The van der Waals surface area contributed by atoms with Gasteiger partial charge in [0.2, 0.25) is 5.91 Å². The second-order valence-corrected chi connectivity index (χ2v) is 7.03. The largest absolute Gasteiger partial charge is 0.336 e. The van der Waals surface area contributed by atoms with Gasteiger partial charge in [-0.25, -0.2) is 4.79 Å². The summed E-state index contributed by atoms with van der Waals surface area (Å²) < 4.78 is 0. The van der Waals surface area contributed by atoms with Crippen LogP contribution in [-0.4, -0.2) is 35.2 Å². The quantitative estimate of drug-likeness (QED) is 0.659.